The second-order valence-electron chi connectivity index (χ2n) is 7.17. The molecule has 25 heavy (non-hydrogen) atoms. The molecule has 0 spiro atoms. The molecule has 0 aliphatic carbocycles. The number of aryl methyl sites for hydroxylation is 3. The van der Waals surface area contributed by atoms with Crippen LogP contribution in [0.15, 0.2) is 12.1 Å². The standard InChI is InChI=1S/C20H31N3O2/c1-14-11-15(2)19(16(3)12-14)22-18(24)13-21-20(25)17(4)23-9-7-5-6-8-10-23/h11-12,17H,5-10,13H2,1-4H3,(H,21,25)(H,22,24). The summed E-state index contributed by atoms with van der Waals surface area (Å²) in [5.74, 6) is -0.263. The first-order valence-electron chi connectivity index (χ1n) is 9.28. The lowest BCUT2D eigenvalue weighted by molar-refractivity contribution is -0.128. The summed E-state index contributed by atoms with van der Waals surface area (Å²) in [7, 11) is 0. The van der Waals surface area contributed by atoms with Gasteiger partial charge in [0.1, 0.15) is 0 Å². The van der Waals surface area contributed by atoms with E-state index in [1.54, 1.807) is 0 Å². The number of hydrogen-bond acceptors (Lipinski definition) is 3. The predicted molar refractivity (Wildman–Crippen MR) is 102 cm³/mol. The average Bonchev–Trinajstić information content (AvgIpc) is 2.84. The van der Waals surface area contributed by atoms with Gasteiger partial charge in [-0.3, -0.25) is 14.5 Å². The quantitative estimate of drug-likeness (QED) is 0.862. The van der Waals surface area contributed by atoms with Crippen molar-refractivity contribution in [1.82, 2.24) is 10.2 Å². The van der Waals surface area contributed by atoms with Crippen LogP contribution >= 0.6 is 0 Å². The second kappa shape index (κ2) is 8.99. The van der Waals surface area contributed by atoms with Gasteiger partial charge in [-0.1, -0.05) is 30.5 Å². The molecule has 1 atom stereocenters. The van der Waals surface area contributed by atoms with Gasteiger partial charge in [-0.05, 0) is 64.8 Å². The lowest BCUT2D eigenvalue weighted by Crippen LogP contribution is -2.47. The highest BCUT2D eigenvalue weighted by molar-refractivity contribution is 5.96. The molecule has 0 aromatic heterocycles. The number of amides is 2. The summed E-state index contributed by atoms with van der Waals surface area (Å²) in [5.41, 5.74) is 4.09. The first-order chi connectivity index (χ1) is 11.9. The van der Waals surface area contributed by atoms with E-state index in [0.717, 1.165) is 42.7 Å². The zero-order chi connectivity index (χ0) is 18.4. The minimum Gasteiger partial charge on any atom is -0.346 e. The van der Waals surface area contributed by atoms with Crippen molar-refractivity contribution in [2.75, 3.05) is 25.0 Å². The van der Waals surface area contributed by atoms with Gasteiger partial charge in [-0.15, -0.1) is 0 Å². The monoisotopic (exact) mass is 345 g/mol. The molecule has 1 aromatic carbocycles. The van der Waals surface area contributed by atoms with E-state index >= 15 is 0 Å². The molecule has 2 amide bonds. The molecule has 2 rings (SSSR count). The summed E-state index contributed by atoms with van der Waals surface area (Å²) < 4.78 is 0. The van der Waals surface area contributed by atoms with Crippen molar-refractivity contribution in [3.63, 3.8) is 0 Å². The Hall–Kier alpha value is -1.88. The van der Waals surface area contributed by atoms with E-state index in [1.165, 1.54) is 18.4 Å². The van der Waals surface area contributed by atoms with Gasteiger partial charge in [0.2, 0.25) is 11.8 Å². The number of rotatable bonds is 5. The summed E-state index contributed by atoms with van der Waals surface area (Å²) in [6.07, 6.45) is 4.76. The van der Waals surface area contributed by atoms with Crippen LogP contribution in [0.1, 0.15) is 49.3 Å². The molecule has 0 bridgehead atoms. The third-order valence-electron chi connectivity index (χ3n) is 4.93. The largest absolute Gasteiger partial charge is 0.346 e. The molecular weight excluding hydrogens is 314 g/mol. The molecule has 1 aromatic rings. The van der Waals surface area contributed by atoms with Crippen LogP contribution in [0, 0.1) is 20.8 Å². The Labute approximate surface area is 151 Å². The van der Waals surface area contributed by atoms with Crippen molar-refractivity contribution >= 4 is 17.5 Å². The van der Waals surface area contributed by atoms with E-state index in [4.69, 9.17) is 0 Å². The third kappa shape index (κ3) is 5.56. The van der Waals surface area contributed by atoms with Crippen LogP contribution < -0.4 is 10.6 Å². The Balaban J connectivity index is 1.86. The van der Waals surface area contributed by atoms with Crippen LogP contribution in [0.3, 0.4) is 0 Å². The Bertz CT molecular complexity index is 596. The fourth-order valence-electron chi connectivity index (χ4n) is 3.52. The third-order valence-corrected chi connectivity index (χ3v) is 4.93. The van der Waals surface area contributed by atoms with Gasteiger partial charge in [-0.25, -0.2) is 0 Å². The molecule has 138 valence electrons. The van der Waals surface area contributed by atoms with Gasteiger partial charge < -0.3 is 10.6 Å². The second-order valence-corrected chi connectivity index (χ2v) is 7.17. The van der Waals surface area contributed by atoms with Crippen molar-refractivity contribution in [1.29, 1.82) is 0 Å². The Morgan fingerprint density at radius 3 is 2.16 bits per heavy atom. The van der Waals surface area contributed by atoms with Gasteiger partial charge in [0.15, 0.2) is 0 Å². The number of nitrogens with zero attached hydrogens (tertiary/aromatic N) is 1. The number of nitrogens with one attached hydrogen (secondary N) is 2. The van der Waals surface area contributed by atoms with E-state index in [-0.39, 0.29) is 24.4 Å². The molecule has 2 N–H and O–H groups in total. The highest BCUT2D eigenvalue weighted by atomic mass is 16.2. The van der Waals surface area contributed by atoms with Crippen LogP contribution in [-0.4, -0.2) is 42.4 Å². The van der Waals surface area contributed by atoms with Gasteiger partial charge >= 0.3 is 0 Å². The van der Waals surface area contributed by atoms with Crippen LogP contribution in [0.4, 0.5) is 5.69 Å². The maximum absolute atomic E-state index is 12.4. The molecule has 1 heterocycles. The smallest absolute Gasteiger partial charge is 0.243 e. The van der Waals surface area contributed by atoms with Crippen LogP contribution in [-0.2, 0) is 9.59 Å². The summed E-state index contributed by atoms with van der Waals surface area (Å²) in [6, 6.07) is 3.90. The molecule has 1 aliphatic rings. The fourth-order valence-corrected chi connectivity index (χ4v) is 3.52. The molecule has 0 saturated carbocycles. The van der Waals surface area contributed by atoms with Crippen LogP contribution in [0.2, 0.25) is 0 Å². The molecule has 5 heteroatoms. The zero-order valence-corrected chi connectivity index (χ0v) is 15.9. The van der Waals surface area contributed by atoms with Crippen LogP contribution in [0.25, 0.3) is 0 Å². The Morgan fingerprint density at radius 2 is 1.60 bits per heavy atom. The van der Waals surface area contributed by atoms with Crippen molar-refractivity contribution in [2.45, 2.75) is 59.4 Å². The topological polar surface area (TPSA) is 61.4 Å². The minimum atomic E-state index is -0.188. The average molecular weight is 345 g/mol. The summed E-state index contributed by atoms with van der Waals surface area (Å²) in [5, 5.41) is 5.70. The Kier molecular flexibility index (Phi) is 7.00. The zero-order valence-electron chi connectivity index (χ0n) is 15.9. The molecule has 1 saturated heterocycles. The number of carbonyl (C=O) groups is 2. The van der Waals surface area contributed by atoms with Gasteiger partial charge in [0, 0.05) is 5.69 Å². The van der Waals surface area contributed by atoms with E-state index in [9.17, 15) is 9.59 Å². The molecular formula is C20H31N3O2. The fraction of sp³-hybridized carbons (Fsp3) is 0.600. The Morgan fingerprint density at radius 1 is 1.04 bits per heavy atom. The van der Waals surface area contributed by atoms with Gasteiger partial charge in [0.25, 0.3) is 0 Å². The number of carbonyl (C=O) groups excluding carboxylic acids is 2. The van der Waals surface area contributed by atoms with Crippen LogP contribution in [0.5, 0.6) is 0 Å². The summed E-state index contributed by atoms with van der Waals surface area (Å²) in [6.45, 7) is 9.85. The summed E-state index contributed by atoms with van der Waals surface area (Å²) in [4.78, 5) is 26.8. The van der Waals surface area contributed by atoms with E-state index in [1.807, 2.05) is 39.8 Å². The lowest BCUT2D eigenvalue weighted by Gasteiger charge is -2.26. The molecule has 5 nitrogen and oxygen atoms in total. The summed E-state index contributed by atoms with van der Waals surface area (Å²) >= 11 is 0. The maximum atomic E-state index is 12.4. The van der Waals surface area contributed by atoms with E-state index in [2.05, 4.69) is 15.5 Å². The normalized spacial score (nSPS) is 16.8. The first-order valence-corrected chi connectivity index (χ1v) is 9.28. The molecule has 0 radical (unpaired) electrons. The maximum Gasteiger partial charge on any atom is 0.243 e. The predicted octanol–water partition coefficient (Wildman–Crippen LogP) is 2.93. The van der Waals surface area contributed by atoms with E-state index in [0.29, 0.717) is 0 Å². The number of likely N-dealkylation sites (tertiary alicyclic amines) is 1. The van der Waals surface area contributed by atoms with Gasteiger partial charge in [-0.2, -0.15) is 0 Å². The van der Waals surface area contributed by atoms with E-state index < -0.39 is 0 Å². The number of benzene rings is 1. The van der Waals surface area contributed by atoms with Gasteiger partial charge in [0.05, 0.1) is 12.6 Å². The number of anilines is 1. The highest BCUT2D eigenvalue weighted by Crippen LogP contribution is 2.21. The number of hydrogen-bond donors (Lipinski definition) is 2. The molecule has 1 unspecified atom stereocenters. The minimum absolute atomic E-state index is 0.00374. The molecule has 1 aliphatic heterocycles. The van der Waals surface area contributed by atoms with Crippen molar-refractivity contribution in [3.8, 4) is 0 Å². The SMILES string of the molecule is Cc1cc(C)c(NC(=O)CNC(=O)C(C)N2CCCCCC2)c(C)c1. The van der Waals surface area contributed by atoms with Crippen molar-refractivity contribution < 1.29 is 9.59 Å². The lowest BCUT2D eigenvalue weighted by atomic mass is 10.1. The van der Waals surface area contributed by atoms with Crippen molar-refractivity contribution in [2.24, 2.45) is 0 Å². The first kappa shape index (κ1) is 19.4. The van der Waals surface area contributed by atoms with Crippen molar-refractivity contribution in [3.05, 3.63) is 28.8 Å². The highest BCUT2D eigenvalue weighted by Gasteiger charge is 2.22. The molecule has 1 fully saturated rings.